The van der Waals surface area contributed by atoms with Gasteiger partial charge in [0.15, 0.2) is 0 Å². The summed E-state index contributed by atoms with van der Waals surface area (Å²) in [5, 5.41) is 10.4. The summed E-state index contributed by atoms with van der Waals surface area (Å²) in [7, 11) is 12.1. The lowest BCUT2D eigenvalue weighted by Gasteiger charge is -2.46. The molecule has 4 rings (SSSR count). The first-order valence-electron chi connectivity index (χ1n) is 15.4. The van der Waals surface area contributed by atoms with Gasteiger partial charge < -0.3 is 15.0 Å². The van der Waals surface area contributed by atoms with Crippen LogP contribution in [0.15, 0.2) is 91.1 Å². The fourth-order valence-electron chi connectivity index (χ4n) is 5.83. The summed E-state index contributed by atoms with van der Waals surface area (Å²) in [4.78, 5) is 14.7. The highest BCUT2D eigenvalue weighted by molar-refractivity contribution is 6.64. The Bertz CT molecular complexity index is 1670. The van der Waals surface area contributed by atoms with Crippen LogP contribution in [0.5, 0.6) is 5.75 Å². The SMILES string of the molecule is BC(B)(B)N(C(=O)/C=C/CNCCOc1ccc(/C(=C(/CC(F)(F)F)c2ccccc2)c2ccc3[nH]ncc3c2)cc1)C(B)(B)B. The van der Waals surface area contributed by atoms with E-state index >= 15 is 0 Å². The maximum absolute atomic E-state index is 14.0. The van der Waals surface area contributed by atoms with Crippen molar-refractivity contribution in [1.29, 1.82) is 0 Å². The number of aromatic amines is 1. The van der Waals surface area contributed by atoms with Crippen LogP contribution in [0.25, 0.3) is 22.0 Å². The molecule has 0 aliphatic carbocycles. The quantitative estimate of drug-likeness (QED) is 0.0947. The predicted octanol–water partition coefficient (Wildman–Crippen LogP) is -0.151. The van der Waals surface area contributed by atoms with Gasteiger partial charge in [-0.3, -0.25) is 9.89 Å². The lowest BCUT2D eigenvalue weighted by Crippen LogP contribution is -2.65. The van der Waals surface area contributed by atoms with Crippen molar-refractivity contribution in [3.05, 3.63) is 108 Å². The Morgan fingerprint density at radius 1 is 0.891 bits per heavy atom. The summed E-state index contributed by atoms with van der Waals surface area (Å²) in [5.41, 5.74) is 3.30. The third-order valence-electron chi connectivity index (χ3n) is 7.31. The van der Waals surface area contributed by atoms with Gasteiger partial charge in [0.1, 0.15) is 59.4 Å². The molecule has 0 saturated carbocycles. The van der Waals surface area contributed by atoms with Crippen LogP contribution in [0.1, 0.15) is 23.1 Å². The van der Waals surface area contributed by atoms with Crippen molar-refractivity contribution in [1.82, 2.24) is 20.4 Å². The fourth-order valence-corrected chi connectivity index (χ4v) is 5.83. The maximum atomic E-state index is 14.0. The number of benzene rings is 3. The van der Waals surface area contributed by atoms with E-state index in [9.17, 15) is 18.0 Å². The number of halogens is 3. The van der Waals surface area contributed by atoms with Crippen LogP contribution in [-0.4, -0.2) is 104 Å². The second-order valence-corrected chi connectivity index (χ2v) is 13.2. The highest BCUT2D eigenvalue weighted by Crippen LogP contribution is 2.40. The average Bonchev–Trinajstić information content (AvgIpc) is 3.43. The van der Waals surface area contributed by atoms with Crippen molar-refractivity contribution in [2.45, 2.75) is 23.1 Å². The van der Waals surface area contributed by atoms with E-state index in [0.29, 0.717) is 47.7 Å². The van der Waals surface area contributed by atoms with Gasteiger partial charge in [-0.1, -0.05) is 54.6 Å². The molecular weight excluding hydrogens is 582 g/mol. The summed E-state index contributed by atoms with van der Waals surface area (Å²) >= 11 is 0. The minimum atomic E-state index is -4.41. The molecule has 0 saturated heterocycles. The monoisotopic (exact) mass is 620 g/mol. The van der Waals surface area contributed by atoms with Gasteiger partial charge >= 0.3 is 6.18 Å². The van der Waals surface area contributed by atoms with Gasteiger partial charge in [0.05, 0.1) is 18.1 Å². The molecule has 46 heavy (non-hydrogen) atoms. The first kappa shape index (κ1) is 34.9. The number of hydrogen-bond acceptors (Lipinski definition) is 4. The molecule has 3 aromatic carbocycles. The van der Waals surface area contributed by atoms with Crippen molar-refractivity contribution in [2.75, 3.05) is 19.7 Å². The predicted molar refractivity (Wildman–Crippen MR) is 197 cm³/mol. The molecule has 1 heterocycles. The van der Waals surface area contributed by atoms with E-state index in [-0.39, 0.29) is 22.0 Å². The van der Waals surface area contributed by atoms with Crippen molar-refractivity contribution in [3.8, 4) is 5.75 Å². The van der Waals surface area contributed by atoms with E-state index in [1.54, 1.807) is 66.9 Å². The number of ether oxygens (including phenoxy) is 1. The summed E-state index contributed by atoms with van der Waals surface area (Å²) in [6, 6.07) is 21.3. The van der Waals surface area contributed by atoms with E-state index in [1.165, 1.54) is 0 Å². The molecular formula is C31H37B6F3N4O2. The molecule has 6 nitrogen and oxygen atoms in total. The molecule has 2 N–H and O–H groups in total. The number of fused-ring (bicyclic) bond motifs is 1. The molecule has 0 aliphatic heterocycles. The zero-order valence-corrected chi connectivity index (χ0v) is 27.3. The lowest BCUT2D eigenvalue weighted by atomic mass is 9.40. The van der Waals surface area contributed by atoms with Crippen LogP contribution in [0, 0.1) is 0 Å². The number of aromatic nitrogens is 2. The summed E-state index contributed by atoms with van der Waals surface area (Å²) in [6.45, 7) is 1.43. The van der Waals surface area contributed by atoms with Crippen molar-refractivity contribution >= 4 is 75.0 Å². The van der Waals surface area contributed by atoms with Crippen molar-refractivity contribution in [2.24, 2.45) is 0 Å². The Morgan fingerprint density at radius 3 is 2.17 bits per heavy atom. The summed E-state index contributed by atoms with van der Waals surface area (Å²) in [6.07, 6.45) is -0.423. The second kappa shape index (κ2) is 14.6. The van der Waals surface area contributed by atoms with Crippen LogP contribution in [0.2, 0.25) is 0 Å². The first-order chi connectivity index (χ1) is 21.6. The Balaban J connectivity index is 1.47. The third kappa shape index (κ3) is 9.52. The van der Waals surface area contributed by atoms with Crippen LogP contribution >= 0.6 is 0 Å². The average molecular weight is 620 g/mol. The van der Waals surface area contributed by atoms with E-state index < -0.39 is 12.6 Å². The number of rotatable bonds is 13. The Kier molecular flexibility index (Phi) is 11.1. The number of alkyl halides is 3. The van der Waals surface area contributed by atoms with Gasteiger partial charge in [-0.15, -0.1) is 0 Å². The highest BCUT2D eigenvalue weighted by Gasteiger charge is 2.34. The van der Waals surface area contributed by atoms with Gasteiger partial charge in [0.2, 0.25) is 5.91 Å². The molecule has 1 aromatic heterocycles. The molecule has 1 amide bonds. The number of amides is 1. The van der Waals surface area contributed by atoms with E-state index in [4.69, 9.17) is 4.74 Å². The normalized spacial score (nSPS) is 13.1. The van der Waals surface area contributed by atoms with Gasteiger partial charge in [-0.2, -0.15) is 18.3 Å². The molecule has 0 spiro atoms. The molecule has 0 unspecified atom stereocenters. The lowest BCUT2D eigenvalue weighted by molar-refractivity contribution is -0.127. The van der Waals surface area contributed by atoms with E-state index in [1.807, 2.05) is 76.3 Å². The number of nitrogens with one attached hydrogen (secondary N) is 2. The summed E-state index contributed by atoms with van der Waals surface area (Å²) in [5.74, 6) is 0.561. The van der Waals surface area contributed by atoms with Crippen LogP contribution in [0.4, 0.5) is 13.2 Å². The van der Waals surface area contributed by atoms with E-state index in [2.05, 4.69) is 15.5 Å². The maximum Gasteiger partial charge on any atom is 0.393 e. The molecule has 0 aliphatic rings. The second-order valence-electron chi connectivity index (χ2n) is 13.2. The Morgan fingerprint density at radius 2 is 1.54 bits per heavy atom. The number of carbonyl (C=O) groups excluding carboxylic acids is 1. The van der Waals surface area contributed by atoms with Gasteiger partial charge in [0, 0.05) is 24.6 Å². The standard InChI is InChI=1S/C31H37B6F3N4O2/c32-30(33,34)44(31(35,36)37)27(45)7-4-14-41-15-16-46-24-11-8-21(9-12-24)28(22-10-13-26-23(17-22)19-42-43-26)25(18-29(38,39)40)20-5-2-1-3-6-20/h1-13,17,19,41H,14-16,18,32-37H2,(H,42,43)/b7-4+,28-25+. The molecule has 15 heteroatoms. The Labute approximate surface area is 274 Å². The largest absolute Gasteiger partial charge is 0.492 e. The molecule has 4 aromatic rings. The number of carbonyl (C=O) groups is 1. The van der Waals surface area contributed by atoms with E-state index in [0.717, 1.165) is 10.9 Å². The van der Waals surface area contributed by atoms with Crippen molar-refractivity contribution < 1.29 is 22.7 Å². The summed E-state index contributed by atoms with van der Waals surface area (Å²) < 4.78 is 47.8. The molecule has 0 atom stereocenters. The fraction of sp³-hybridized carbons (Fsp3) is 0.226. The number of nitrogens with zero attached hydrogens (tertiary/aromatic N) is 2. The van der Waals surface area contributed by atoms with Gasteiger partial charge in [-0.05, 0) is 62.6 Å². The highest BCUT2D eigenvalue weighted by atomic mass is 19.4. The smallest absolute Gasteiger partial charge is 0.393 e. The van der Waals surface area contributed by atoms with Gasteiger partial charge in [0.25, 0.3) is 0 Å². The number of H-pyrrole nitrogens is 1. The first-order valence-corrected chi connectivity index (χ1v) is 15.4. The molecule has 0 fully saturated rings. The third-order valence-corrected chi connectivity index (χ3v) is 7.31. The van der Waals surface area contributed by atoms with Crippen molar-refractivity contribution in [3.63, 3.8) is 0 Å². The van der Waals surface area contributed by atoms with Crippen LogP contribution < -0.4 is 10.1 Å². The topological polar surface area (TPSA) is 70.2 Å². The zero-order valence-electron chi connectivity index (χ0n) is 27.3. The minimum Gasteiger partial charge on any atom is -0.492 e. The number of allylic oxidation sites excluding steroid dienone is 1. The zero-order chi connectivity index (χ0) is 33.5. The van der Waals surface area contributed by atoms with Crippen LogP contribution in [-0.2, 0) is 4.79 Å². The Hall–Kier alpha value is -3.98. The van der Waals surface area contributed by atoms with Crippen LogP contribution in [0.3, 0.4) is 0 Å². The number of hydrogen-bond donors (Lipinski definition) is 2. The molecule has 0 bridgehead atoms. The minimum absolute atomic E-state index is 0.0399. The van der Waals surface area contributed by atoms with Gasteiger partial charge in [-0.25, -0.2) is 0 Å². The molecule has 232 valence electrons. The molecule has 0 radical (unpaired) electrons.